The van der Waals surface area contributed by atoms with Crippen molar-refractivity contribution < 1.29 is 14.3 Å². The molecule has 0 saturated heterocycles. The van der Waals surface area contributed by atoms with Gasteiger partial charge in [-0.1, -0.05) is 26.0 Å². The van der Waals surface area contributed by atoms with Crippen LogP contribution in [0.1, 0.15) is 41.7 Å². The molecule has 0 aliphatic carbocycles. The molecule has 0 unspecified atom stereocenters. The van der Waals surface area contributed by atoms with Crippen molar-refractivity contribution in [2.75, 3.05) is 6.54 Å². The molecule has 4 rings (SSSR count). The molecule has 0 saturated carbocycles. The van der Waals surface area contributed by atoms with Gasteiger partial charge >= 0.3 is 0 Å². The highest BCUT2D eigenvalue weighted by atomic mass is 32.1. The Morgan fingerprint density at radius 3 is 2.61 bits per heavy atom. The lowest BCUT2D eigenvalue weighted by atomic mass is 9.98. The minimum absolute atomic E-state index is 0.0231. The molecule has 1 atom stereocenters. The molecule has 8 heteroatoms. The van der Waals surface area contributed by atoms with Crippen LogP contribution in [0.3, 0.4) is 0 Å². The number of thiazole rings is 1. The molecule has 1 aliphatic rings. The Morgan fingerprint density at radius 2 is 1.97 bits per heavy atom. The molecule has 1 aliphatic heterocycles. The maximum absolute atomic E-state index is 13.1. The fourth-order valence-electron chi connectivity index (χ4n) is 4.02. The first-order chi connectivity index (χ1) is 14.8. The van der Waals surface area contributed by atoms with Crippen molar-refractivity contribution in [3.05, 3.63) is 68.8 Å². The summed E-state index contributed by atoms with van der Waals surface area (Å²) in [4.78, 5) is 32.9. The summed E-state index contributed by atoms with van der Waals surface area (Å²) in [6.45, 7) is 7.01. The Labute approximate surface area is 183 Å². The van der Waals surface area contributed by atoms with E-state index in [4.69, 9.17) is 0 Å². The maximum Gasteiger partial charge on any atom is 0.274 e. The van der Waals surface area contributed by atoms with Crippen molar-refractivity contribution in [1.29, 1.82) is 0 Å². The molecule has 2 aromatic heterocycles. The van der Waals surface area contributed by atoms with Crippen molar-refractivity contribution in [3.8, 4) is 16.3 Å². The van der Waals surface area contributed by atoms with E-state index in [0.29, 0.717) is 24.5 Å². The van der Waals surface area contributed by atoms with Crippen LogP contribution < -0.4 is 5.43 Å². The third-order valence-electron chi connectivity index (χ3n) is 5.69. The van der Waals surface area contributed by atoms with Gasteiger partial charge in [-0.25, -0.2) is 9.37 Å². The lowest BCUT2D eigenvalue weighted by Crippen LogP contribution is -2.51. The number of carbonyl (C=O) groups excluding carboxylic acids is 1. The number of benzene rings is 1. The van der Waals surface area contributed by atoms with Gasteiger partial charge in [0, 0.05) is 36.8 Å². The Balaban J connectivity index is 1.71. The van der Waals surface area contributed by atoms with Crippen LogP contribution in [0, 0.1) is 11.7 Å². The molecule has 1 N–H and O–H groups in total. The fraction of sp³-hybridized carbons (Fsp3) is 0.348. The summed E-state index contributed by atoms with van der Waals surface area (Å²) >= 11 is 1.35. The van der Waals surface area contributed by atoms with Crippen LogP contribution in [-0.2, 0) is 13.0 Å². The third-order valence-corrected chi connectivity index (χ3v) is 6.72. The molecule has 0 bridgehead atoms. The summed E-state index contributed by atoms with van der Waals surface area (Å²) in [6, 6.07) is 6.22. The van der Waals surface area contributed by atoms with Crippen LogP contribution >= 0.6 is 11.3 Å². The zero-order chi connectivity index (χ0) is 22.3. The number of amides is 1. The summed E-state index contributed by atoms with van der Waals surface area (Å²) in [7, 11) is 0. The van der Waals surface area contributed by atoms with Gasteiger partial charge in [0.15, 0.2) is 11.4 Å². The summed E-state index contributed by atoms with van der Waals surface area (Å²) in [5.41, 5.74) is 0.653. The number of hydrogen-bond acceptors (Lipinski definition) is 5. The number of likely N-dealkylation sites (N-methyl/N-ethyl adjacent to an activating group) is 1. The minimum Gasteiger partial charge on any atom is -0.503 e. The van der Waals surface area contributed by atoms with Crippen LogP contribution in [0.5, 0.6) is 5.75 Å². The van der Waals surface area contributed by atoms with Crippen molar-refractivity contribution >= 4 is 17.2 Å². The quantitative estimate of drug-likeness (QED) is 0.652. The molecule has 0 spiro atoms. The largest absolute Gasteiger partial charge is 0.503 e. The SMILES string of the molecule is CCN1C(=O)c2c(O)c(=O)c(-c3ncc(Cc4ccc(F)cc4)s3)cn2C[C@H]1C(C)C. The highest BCUT2D eigenvalue weighted by molar-refractivity contribution is 7.15. The number of nitrogens with zero attached hydrogens (tertiary/aromatic N) is 3. The average Bonchev–Trinajstić information content (AvgIpc) is 3.20. The number of hydrogen-bond donors (Lipinski definition) is 1. The van der Waals surface area contributed by atoms with E-state index in [1.54, 1.807) is 34.0 Å². The Morgan fingerprint density at radius 1 is 1.26 bits per heavy atom. The third kappa shape index (κ3) is 3.87. The topological polar surface area (TPSA) is 75.4 Å². The highest BCUT2D eigenvalue weighted by Gasteiger charge is 2.36. The number of aromatic hydroxyl groups is 1. The van der Waals surface area contributed by atoms with Gasteiger partial charge < -0.3 is 14.6 Å². The Kier molecular flexibility index (Phi) is 5.66. The van der Waals surface area contributed by atoms with E-state index in [1.807, 2.05) is 6.92 Å². The van der Waals surface area contributed by atoms with Gasteiger partial charge in [0.1, 0.15) is 10.8 Å². The molecule has 0 radical (unpaired) electrons. The van der Waals surface area contributed by atoms with Gasteiger partial charge in [0.05, 0.1) is 11.6 Å². The van der Waals surface area contributed by atoms with E-state index in [1.165, 1.54) is 23.5 Å². The summed E-state index contributed by atoms with van der Waals surface area (Å²) in [6.07, 6.45) is 3.89. The van der Waals surface area contributed by atoms with Crippen LogP contribution in [0.25, 0.3) is 10.6 Å². The molecule has 3 aromatic rings. The second kappa shape index (κ2) is 8.26. The van der Waals surface area contributed by atoms with E-state index >= 15 is 0 Å². The fourth-order valence-corrected chi connectivity index (χ4v) is 4.98. The summed E-state index contributed by atoms with van der Waals surface area (Å²) < 4.78 is 14.8. The molecule has 162 valence electrons. The van der Waals surface area contributed by atoms with E-state index in [9.17, 15) is 19.1 Å². The Hall–Kier alpha value is -3.00. The van der Waals surface area contributed by atoms with Crippen molar-refractivity contribution in [1.82, 2.24) is 14.5 Å². The van der Waals surface area contributed by atoms with Crippen molar-refractivity contribution in [3.63, 3.8) is 0 Å². The monoisotopic (exact) mass is 441 g/mol. The van der Waals surface area contributed by atoms with E-state index in [2.05, 4.69) is 18.8 Å². The molecule has 31 heavy (non-hydrogen) atoms. The van der Waals surface area contributed by atoms with Gasteiger partial charge in [0.25, 0.3) is 5.91 Å². The second-order valence-corrected chi connectivity index (χ2v) is 9.17. The van der Waals surface area contributed by atoms with Gasteiger partial charge in [-0.3, -0.25) is 9.59 Å². The van der Waals surface area contributed by atoms with Gasteiger partial charge in [-0.15, -0.1) is 11.3 Å². The summed E-state index contributed by atoms with van der Waals surface area (Å²) in [5.74, 6) is -0.922. The normalized spacial score (nSPS) is 16.1. The standard InChI is InChI=1S/C23H24FN3O3S/c1-4-27-18(13(2)3)12-26-11-17(20(28)21(29)19(26)23(27)30)22-25-10-16(31-22)9-14-5-7-15(24)8-6-14/h5-8,10-11,13,18,29H,4,9,12H2,1-3H3/t18-/m0/s1. The lowest BCUT2D eigenvalue weighted by Gasteiger charge is -2.39. The first-order valence-electron chi connectivity index (χ1n) is 10.3. The van der Waals surface area contributed by atoms with E-state index < -0.39 is 11.2 Å². The number of fused-ring (bicyclic) bond motifs is 1. The molecular formula is C23H24FN3O3S. The number of carbonyl (C=O) groups is 1. The molecule has 6 nitrogen and oxygen atoms in total. The second-order valence-electron chi connectivity index (χ2n) is 8.06. The molecule has 1 aromatic carbocycles. The minimum atomic E-state index is -0.596. The van der Waals surface area contributed by atoms with E-state index in [-0.39, 0.29) is 34.9 Å². The first kappa shape index (κ1) is 21.2. The zero-order valence-electron chi connectivity index (χ0n) is 17.6. The number of aromatic nitrogens is 2. The first-order valence-corrected chi connectivity index (χ1v) is 11.1. The molecule has 3 heterocycles. The van der Waals surface area contributed by atoms with Gasteiger partial charge in [0.2, 0.25) is 5.43 Å². The predicted molar refractivity (Wildman–Crippen MR) is 118 cm³/mol. The molecule has 1 amide bonds. The molecule has 0 fully saturated rings. The van der Waals surface area contributed by atoms with Gasteiger partial charge in [-0.05, 0) is 30.5 Å². The number of pyridine rings is 1. The lowest BCUT2D eigenvalue weighted by molar-refractivity contribution is 0.0531. The van der Waals surface area contributed by atoms with Crippen molar-refractivity contribution in [2.24, 2.45) is 5.92 Å². The smallest absolute Gasteiger partial charge is 0.274 e. The molecular weight excluding hydrogens is 417 g/mol. The Bertz CT molecular complexity index is 1180. The van der Waals surface area contributed by atoms with E-state index in [0.717, 1.165) is 10.4 Å². The maximum atomic E-state index is 13.1. The van der Waals surface area contributed by atoms with Crippen LogP contribution in [-0.4, -0.2) is 38.1 Å². The van der Waals surface area contributed by atoms with Gasteiger partial charge in [-0.2, -0.15) is 0 Å². The van der Waals surface area contributed by atoms with Crippen LogP contribution in [0.4, 0.5) is 4.39 Å². The number of halogens is 1. The predicted octanol–water partition coefficient (Wildman–Crippen LogP) is 3.91. The van der Waals surface area contributed by atoms with Crippen LogP contribution in [0.2, 0.25) is 0 Å². The van der Waals surface area contributed by atoms with Crippen molar-refractivity contribution in [2.45, 2.75) is 39.8 Å². The zero-order valence-corrected chi connectivity index (χ0v) is 18.4. The number of rotatable bonds is 5. The average molecular weight is 442 g/mol. The van der Waals surface area contributed by atoms with Crippen LogP contribution in [0.15, 0.2) is 41.5 Å². The highest BCUT2D eigenvalue weighted by Crippen LogP contribution is 2.31. The summed E-state index contributed by atoms with van der Waals surface area (Å²) in [5, 5.41) is 11.1.